The normalized spacial score (nSPS) is 13.2. The zero-order valence-electron chi connectivity index (χ0n) is 29.9. The second-order valence-electron chi connectivity index (χ2n) is 14.8. The molecule has 1 spiro atoms. The molecule has 2 aliphatic carbocycles. The predicted octanol–water partition coefficient (Wildman–Crippen LogP) is 13.3. The molecular formula is C53H32N2. The van der Waals surface area contributed by atoms with E-state index in [1.807, 2.05) is 12.1 Å². The van der Waals surface area contributed by atoms with Crippen molar-refractivity contribution in [3.05, 3.63) is 216 Å². The average molecular weight is 697 g/mol. The van der Waals surface area contributed by atoms with E-state index < -0.39 is 5.41 Å². The second kappa shape index (κ2) is 11.4. The van der Waals surface area contributed by atoms with Gasteiger partial charge in [0, 0.05) is 16.7 Å². The number of nitrogens with zero attached hydrogens (tertiary/aromatic N) is 2. The Morgan fingerprint density at radius 3 is 1.49 bits per heavy atom. The SMILES string of the molecule is c1ccc(-c2cc(-c3ccccc3)nc(-c3ccc4cc5c(cc4c3)C3(c4ccccc4-c4ccccc43)c3c-5c4ccccc4c4ccccc34)n2)cc1. The number of aromatic nitrogens is 2. The maximum absolute atomic E-state index is 5.20. The molecule has 0 atom stereocenters. The zero-order valence-corrected chi connectivity index (χ0v) is 29.9. The summed E-state index contributed by atoms with van der Waals surface area (Å²) >= 11 is 0. The van der Waals surface area contributed by atoms with E-state index in [4.69, 9.17) is 9.97 Å². The third-order valence-electron chi connectivity index (χ3n) is 12.0. The van der Waals surface area contributed by atoms with E-state index in [1.165, 1.54) is 76.8 Å². The van der Waals surface area contributed by atoms with Gasteiger partial charge < -0.3 is 0 Å². The van der Waals surface area contributed by atoms with Crippen LogP contribution < -0.4 is 0 Å². The smallest absolute Gasteiger partial charge is 0.160 e. The summed E-state index contributed by atoms with van der Waals surface area (Å²) in [6, 6.07) is 70.8. The lowest BCUT2D eigenvalue weighted by atomic mass is 9.69. The highest BCUT2D eigenvalue weighted by atomic mass is 14.9. The fourth-order valence-electron chi connectivity index (χ4n) is 9.78. The van der Waals surface area contributed by atoms with Crippen LogP contribution in [0.4, 0.5) is 0 Å². The molecule has 2 nitrogen and oxygen atoms in total. The average Bonchev–Trinajstić information content (AvgIpc) is 3.73. The van der Waals surface area contributed by atoms with Crippen LogP contribution in [0.1, 0.15) is 22.3 Å². The molecule has 254 valence electrons. The minimum atomic E-state index is -0.490. The molecule has 0 unspecified atom stereocenters. The van der Waals surface area contributed by atoms with E-state index in [0.29, 0.717) is 5.82 Å². The summed E-state index contributed by atoms with van der Waals surface area (Å²) in [5.74, 6) is 0.717. The molecule has 0 N–H and O–H groups in total. The van der Waals surface area contributed by atoms with Gasteiger partial charge in [0.15, 0.2) is 5.82 Å². The van der Waals surface area contributed by atoms with Crippen LogP contribution in [0.15, 0.2) is 194 Å². The first-order chi connectivity index (χ1) is 27.3. The van der Waals surface area contributed by atoms with Crippen molar-refractivity contribution < 1.29 is 0 Å². The van der Waals surface area contributed by atoms with E-state index in [-0.39, 0.29) is 0 Å². The minimum Gasteiger partial charge on any atom is -0.228 e. The van der Waals surface area contributed by atoms with E-state index in [1.54, 1.807) is 0 Å². The van der Waals surface area contributed by atoms with E-state index in [2.05, 4.69) is 182 Å². The highest BCUT2D eigenvalue weighted by Gasteiger charge is 2.53. The van der Waals surface area contributed by atoms with Crippen molar-refractivity contribution in [3.8, 4) is 56.2 Å². The van der Waals surface area contributed by atoms with Crippen LogP contribution in [0.2, 0.25) is 0 Å². The Hall–Kier alpha value is -7.16. The first-order valence-corrected chi connectivity index (χ1v) is 19.0. The van der Waals surface area contributed by atoms with Crippen LogP contribution in [0.3, 0.4) is 0 Å². The molecule has 0 amide bonds. The van der Waals surface area contributed by atoms with E-state index in [9.17, 15) is 0 Å². The summed E-state index contributed by atoms with van der Waals surface area (Å²) in [4.78, 5) is 10.4. The molecule has 0 bridgehead atoms. The van der Waals surface area contributed by atoms with Crippen LogP contribution in [0, 0.1) is 0 Å². The second-order valence-corrected chi connectivity index (χ2v) is 14.8. The Kier molecular flexibility index (Phi) is 6.29. The Morgan fingerprint density at radius 1 is 0.327 bits per heavy atom. The standard InChI is InChI=1S/C53H32N2/c1-3-15-33(16-4-1)48-32-49(34-17-5-2-6-18-34)55-52(54-48)36-28-27-35-30-44-47(31-37(35)29-36)53(45-25-13-11-21-40(45)41-22-12-14-26-46(41)53)51-43-24-10-8-20-39(43)38-19-7-9-23-42(38)50(44)51/h1-32H. The fourth-order valence-corrected chi connectivity index (χ4v) is 9.78. The van der Waals surface area contributed by atoms with Crippen molar-refractivity contribution in [2.45, 2.75) is 5.41 Å². The van der Waals surface area contributed by atoms with Gasteiger partial charge in [0.1, 0.15) is 0 Å². The van der Waals surface area contributed by atoms with Crippen LogP contribution in [0.5, 0.6) is 0 Å². The van der Waals surface area contributed by atoms with Gasteiger partial charge in [-0.15, -0.1) is 0 Å². The molecule has 55 heavy (non-hydrogen) atoms. The number of benzene rings is 9. The van der Waals surface area contributed by atoms with Crippen molar-refractivity contribution in [1.29, 1.82) is 0 Å². The summed E-state index contributed by atoms with van der Waals surface area (Å²) in [5.41, 5.74) is 15.1. The molecule has 0 saturated heterocycles. The number of hydrogen-bond donors (Lipinski definition) is 0. The summed E-state index contributed by atoms with van der Waals surface area (Å²) in [6.45, 7) is 0. The van der Waals surface area contributed by atoms with Gasteiger partial charge in [-0.05, 0) is 101 Å². The summed E-state index contributed by atoms with van der Waals surface area (Å²) in [6.07, 6.45) is 0. The zero-order chi connectivity index (χ0) is 36.1. The van der Waals surface area contributed by atoms with Crippen LogP contribution in [-0.2, 0) is 5.41 Å². The van der Waals surface area contributed by atoms with E-state index in [0.717, 1.165) is 28.1 Å². The molecule has 2 aliphatic rings. The van der Waals surface area contributed by atoms with Gasteiger partial charge in [0.25, 0.3) is 0 Å². The molecule has 0 radical (unpaired) electrons. The highest BCUT2D eigenvalue weighted by molar-refractivity contribution is 6.20. The Labute approximate surface area is 319 Å². The van der Waals surface area contributed by atoms with Crippen LogP contribution in [0.25, 0.3) is 88.5 Å². The number of hydrogen-bond acceptors (Lipinski definition) is 2. The first kappa shape index (κ1) is 30.3. The maximum Gasteiger partial charge on any atom is 0.160 e. The van der Waals surface area contributed by atoms with Crippen molar-refractivity contribution in [3.63, 3.8) is 0 Å². The molecule has 0 saturated carbocycles. The lowest BCUT2D eigenvalue weighted by Crippen LogP contribution is -2.26. The third kappa shape index (κ3) is 4.19. The molecular weight excluding hydrogens is 665 g/mol. The third-order valence-corrected chi connectivity index (χ3v) is 12.0. The fraction of sp³-hybridized carbons (Fsp3) is 0.0189. The van der Waals surface area contributed by atoms with Crippen molar-refractivity contribution in [2.24, 2.45) is 0 Å². The Bertz CT molecular complexity index is 3100. The molecule has 9 aromatic carbocycles. The van der Waals surface area contributed by atoms with Gasteiger partial charge in [0.05, 0.1) is 16.8 Å². The lowest BCUT2D eigenvalue weighted by molar-refractivity contribution is 0.803. The first-order valence-electron chi connectivity index (χ1n) is 19.0. The Balaban J connectivity index is 1.17. The van der Waals surface area contributed by atoms with Gasteiger partial charge in [-0.25, -0.2) is 9.97 Å². The number of fused-ring (bicyclic) bond motifs is 16. The Morgan fingerprint density at radius 2 is 0.855 bits per heavy atom. The van der Waals surface area contributed by atoms with Crippen LogP contribution in [-0.4, -0.2) is 9.97 Å². The topological polar surface area (TPSA) is 25.8 Å². The quantitative estimate of drug-likeness (QED) is 0.172. The maximum atomic E-state index is 5.20. The largest absolute Gasteiger partial charge is 0.228 e. The molecule has 1 aromatic heterocycles. The van der Waals surface area contributed by atoms with Gasteiger partial charge in [-0.1, -0.05) is 170 Å². The van der Waals surface area contributed by atoms with Gasteiger partial charge in [-0.2, -0.15) is 0 Å². The molecule has 0 fully saturated rings. The molecule has 12 rings (SSSR count). The minimum absolute atomic E-state index is 0.490. The van der Waals surface area contributed by atoms with Crippen molar-refractivity contribution in [2.75, 3.05) is 0 Å². The number of rotatable bonds is 3. The van der Waals surface area contributed by atoms with Gasteiger partial charge >= 0.3 is 0 Å². The molecule has 1 heterocycles. The van der Waals surface area contributed by atoms with Crippen LogP contribution >= 0.6 is 0 Å². The van der Waals surface area contributed by atoms with Gasteiger partial charge in [0.2, 0.25) is 0 Å². The summed E-state index contributed by atoms with van der Waals surface area (Å²) in [7, 11) is 0. The predicted molar refractivity (Wildman–Crippen MR) is 227 cm³/mol. The monoisotopic (exact) mass is 696 g/mol. The molecule has 2 heteroatoms. The summed E-state index contributed by atoms with van der Waals surface area (Å²) in [5, 5.41) is 7.57. The highest BCUT2D eigenvalue weighted by Crippen LogP contribution is 2.65. The summed E-state index contributed by atoms with van der Waals surface area (Å²) < 4.78 is 0. The lowest BCUT2D eigenvalue weighted by Gasteiger charge is -2.32. The molecule has 0 aliphatic heterocycles. The molecule has 10 aromatic rings. The van der Waals surface area contributed by atoms with Crippen molar-refractivity contribution >= 4 is 32.3 Å². The van der Waals surface area contributed by atoms with Gasteiger partial charge in [-0.3, -0.25) is 0 Å². The van der Waals surface area contributed by atoms with Crippen molar-refractivity contribution in [1.82, 2.24) is 9.97 Å². The van der Waals surface area contributed by atoms with E-state index >= 15 is 0 Å².